The third-order valence-electron chi connectivity index (χ3n) is 4.15. The molecule has 2 N–H and O–H groups in total. The average Bonchev–Trinajstić information content (AvgIpc) is 2.70. The van der Waals surface area contributed by atoms with Crippen molar-refractivity contribution >= 4 is 34.1 Å². The molecule has 0 saturated carbocycles. The van der Waals surface area contributed by atoms with Crippen LogP contribution in [0.3, 0.4) is 0 Å². The summed E-state index contributed by atoms with van der Waals surface area (Å²) in [6, 6.07) is 13.8. The zero-order valence-electron chi connectivity index (χ0n) is 15.3. The van der Waals surface area contributed by atoms with Crippen molar-refractivity contribution in [3.05, 3.63) is 83.8 Å². The second-order valence-electron chi connectivity index (χ2n) is 6.30. The lowest BCUT2D eigenvalue weighted by molar-refractivity contribution is 0.102. The number of nitrogens with zero attached hydrogens (tertiary/aromatic N) is 3. The zero-order chi connectivity index (χ0) is 20.4. The van der Waals surface area contributed by atoms with E-state index in [4.69, 9.17) is 0 Å². The molecule has 0 aliphatic carbocycles. The Hall–Kier alpha value is -3.94. The van der Waals surface area contributed by atoms with Crippen LogP contribution in [0.15, 0.2) is 60.8 Å². The second kappa shape index (κ2) is 7.59. The second-order valence-corrected chi connectivity index (χ2v) is 6.30. The van der Waals surface area contributed by atoms with E-state index >= 15 is 0 Å². The van der Waals surface area contributed by atoms with Crippen molar-refractivity contribution < 1.29 is 13.6 Å². The first-order valence-electron chi connectivity index (χ1n) is 8.72. The number of aryl methyl sites for hydroxylation is 1. The molecule has 0 fully saturated rings. The van der Waals surface area contributed by atoms with E-state index in [1.165, 1.54) is 12.1 Å². The largest absolute Gasteiger partial charge is 0.322 e. The smallest absolute Gasteiger partial charge is 0.274 e. The highest BCUT2D eigenvalue weighted by molar-refractivity contribution is 6.07. The van der Waals surface area contributed by atoms with Crippen molar-refractivity contribution in [2.75, 3.05) is 10.6 Å². The number of rotatable bonds is 4. The molecule has 8 heteroatoms. The van der Waals surface area contributed by atoms with Crippen LogP contribution in [0.2, 0.25) is 0 Å². The van der Waals surface area contributed by atoms with Gasteiger partial charge in [0.15, 0.2) is 0 Å². The van der Waals surface area contributed by atoms with Gasteiger partial charge in [-0.3, -0.25) is 9.78 Å². The van der Waals surface area contributed by atoms with E-state index in [-0.39, 0.29) is 17.3 Å². The average molecular weight is 391 g/mol. The molecule has 0 saturated heterocycles. The molecule has 0 aliphatic heterocycles. The van der Waals surface area contributed by atoms with Gasteiger partial charge < -0.3 is 10.6 Å². The van der Waals surface area contributed by atoms with Gasteiger partial charge in [-0.1, -0.05) is 18.2 Å². The molecular weight excluding hydrogens is 376 g/mol. The van der Waals surface area contributed by atoms with Gasteiger partial charge in [0.2, 0.25) is 5.95 Å². The first-order valence-corrected chi connectivity index (χ1v) is 8.72. The molecule has 0 bridgehead atoms. The summed E-state index contributed by atoms with van der Waals surface area (Å²) < 4.78 is 27.0. The number of para-hydroxylation sites is 1. The molecule has 0 spiro atoms. The third kappa shape index (κ3) is 4.01. The number of benzene rings is 2. The fourth-order valence-corrected chi connectivity index (χ4v) is 2.84. The third-order valence-corrected chi connectivity index (χ3v) is 4.15. The van der Waals surface area contributed by atoms with Gasteiger partial charge in [0, 0.05) is 23.3 Å². The highest BCUT2D eigenvalue weighted by Crippen LogP contribution is 2.22. The van der Waals surface area contributed by atoms with Gasteiger partial charge in [0.05, 0.1) is 16.9 Å². The Labute approximate surface area is 164 Å². The number of pyridine rings is 1. The van der Waals surface area contributed by atoms with Crippen LogP contribution in [0.5, 0.6) is 0 Å². The topological polar surface area (TPSA) is 79.8 Å². The Morgan fingerprint density at radius 3 is 2.62 bits per heavy atom. The number of carbonyl (C=O) groups is 1. The van der Waals surface area contributed by atoms with Crippen molar-refractivity contribution in [3.63, 3.8) is 0 Å². The highest BCUT2D eigenvalue weighted by atomic mass is 19.1. The minimum atomic E-state index is -0.789. The Morgan fingerprint density at radius 2 is 1.79 bits per heavy atom. The summed E-state index contributed by atoms with van der Waals surface area (Å²) in [5.41, 5.74) is 1.80. The molecule has 6 nitrogen and oxygen atoms in total. The Bertz CT molecular complexity index is 1220. The molecule has 4 rings (SSSR count). The predicted octanol–water partition coefficient (Wildman–Crippen LogP) is 4.61. The minimum absolute atomic E-state index is 0.00149. The molecule has 0 radical (unpaired) electrons. The Morgan fingerprint density at radius 1 is 0.966 bits per heavy atom. The SMILES string of the molecule is Cc1cc(C(=O)Nc2cccc3cccnc23)nc(Nc2ccc(F)cc2F)n1. The molecule has 0 atom stereocenters. The lowest BCUT2D eigenvalue weighted by Crippen LogP contribution is -2.16. The van der Waals surface area contributed by atoms with E-state index in [1.807, 2.05) is 24.3 Å². The lowest BCUT2D eigenvalue weighted by atomic mass is 10.2. The highest BCUT2D eigenvalue weighted by Gasteiger charge is 2.14. The standard InChI is InChI=1S/C21H15F2N5O/c1-12-10-18(28-21(25-12)27-16-8-7-14(22)11-15(16)23)20(29)26-17-6-2-4-13-5-3-9-24-19(13)17/h2-11H,1H3,(H,26,29)(H,25,27,28). The number of hydrogen-bond donors (Lipinski definition) is 2. The zero-order valence-corrected chi connectivity index (χ0v) is 15.3. The normalized spacial score (nSPS) is 10.7. The number of aromatic nitrogens is 3. The number of halogens is 2. The number of anilines is 3. The van der Waals surface area contributed by atoms with Gasteiger partial charge in [0.25, 0.3) is 5.91 Å². The van der Waals surface area contributed by atoms with Gasteiger partial charge in [-0.05, 0) is 37.3 Å². The summed E-state index contributed by atoms with van der Waals surface area (Å²) in [4.78, 5) is 25.4. The molecule has 2 aromatic carbocycles. The van der Waals surface area contributed by atoms with E-state index in [0.29, 0.717) is 16.9 Å². The van der Waals surface area contributed by atoms with Crippen molar-refractivity contribution in [2.45, 2.75) is 6.92 Å². The van der Waals surface area contributed by atoms with E-state index in [9.17, 15) is 13.6 Å². The van der Waals surface area contributed by atoms with Crippen LogP contribution < -0.4 is 10.6 Å². The van der Waals surface area contributed by atoms with Crippen LogP contribution in [-0.4, -0.2) is 20.9 Å². The molecule has 0 unspecified atom stereocenters. The van der Waals surface area contributed by atoms with Crippen LogP contribution in [-0.2, 0) is 0 Å². The van der Waals surface area contributed by atoms with E-state index in [2.05, 4.69) is 25.6 Å². The van der Waals surface area contributed by atoms with Crippen molar-refractivity contribution in [1.29, 1.82) is 0 Å². The number of hydrogen-bond acceptors (Lipinski definition) is 5. The lowest BCUT2D eigenvalue weighted by Gasteiger charge is -2.10. The van der Waals surface area contributed by atoms with E-state index in [0.717, 1.165) is 17.5 Å². The molecule has 0 aliphatic rings. The van der Waals surface area contributed by atoms with Crippen LogP contribution in [0.1, 0.15) is 16.2 Å². The number of carbonyl (C=O) groups excluding carboxylic acids is 1. The molecule has 2 aromatic heterocycles. The maximum absolute atomic E-state index is 13.9. The quantitative estimate of drug-likeness (QED) is 0.531. The number of amides is 1. The first-order chi connectivity index (χ1) is 14.0. The molecular formula is C21H15F2N5O. The summed E-state index contributed by atoms with van der Waals surface area (Å²) in [6.07, 6.45) is 1.64. The number of fused-ring (bicyclic) bond motifs is 1. The number of nitrogens with one attached hydrogen (secondary N) is 2. The molecule has 2 heterocycles. The van der Waals surface area contributed by atoms with Crippen molar-refractivity contribution in [3.8, 4) is 0 Å². The predicted molar refractivity (Wildman–Crippen MR) is 106 cm³/mol. The Kier molecular flexibility index (Phi) is 4.82. The monoisotopic (exact) mass is 391 g/mol. The summed E-state index contributed by atoms with van der Waals surface area (Å²) in [6.45, 7) is 1.68. The maximum Gasteiger partial charge on any atom is 0.274 e. The van der Waals surface area contributed by atoms with Gasteiger partial charge >= 0.3 is 0 Å². The molecule has 4 aromatic rings. The van der Waals surface area contributed by atoms with E-state index in [1.54, 1.807) is 19.2 Å². The summed E-state index contributed by atoms with van der Waals surface area (Å²) in [5.74, 6) is -1.92. The van der Waals surface area contributed by atoms with Crippen LogP contribution >= 0.6 is 0 Å². The summed E-state index contributed by atoms with van der Waals surface area (Å²) in [5, 5.41) is 6.36. The van der Waals surface area contributed by atoms with Gasteiger partial charge in [0.1, 0.15) is 17.3 Å². The van der Waals surface area contributed by atoms with E-state index < -0.39 is 17.5 Å². The van der Waals surface area contributed by atoms with Crippen LogP contribution in [0.4, 0.5) is 26.1 Å². The van der Waals surface area contributed by atoms with Gasteiger partial charge in [-0.2, -0.15) is 0 Å². The minimum Gasteiger partial charge on any atom is -0.322 e. The first kappa shape index (κ1) is 18.4. The van der Waals surface area contributed by atoms with Crippen LogP contribution in [0.25, 0.3) is 10.9 Å². The van der Waals surface area contributed by atoms with Gasteiger partial charge in [-0.25, -0.2) is 18.7 Å². The van der Waals surface area contributed by atoms with Crippen molar-refractivity contribution in [2.24, 2.45) is 0 Å². The summed E-state index contributed by atoms with van der Waals surface area (Å²) in [7, 11) is 0. The van der Waals surface area contributed by atoms with Gasteiger partial charge in [-0.15, -0.1) is 0 Å². The maximum atomic E-state index is 13.9. The summed E-state index contributed by atoms with van der Waals surface area (Å²) >= 11 is 0. The molecule has 144 valence electrons. The van der Waals surface area contributed by atoms with Crippen LogP contribution in [0, 0.1) is 18.6 Å². The fraction of sp³-hybridized carbons (Fsp3) is 0.0476. The fourth-order valence-electron chi connectivity index (χ4n) is 2.84. The Balaban J connectivity index is 1.62. The molecule has 1 amide bonds. The van der Waals surface area contributed by atoms with Crippen molar-refractivity contribution in [1.82, 2.24) is 15.0 Å². The molecule has 29 heavy (non-hydrogen) atoms.